The first-order chi connectivity index (χ1) is 14.6. The third-order valence-corrected chi connectivity index (χ3v) is 9.15. The highest BCUT2D eigenvalue weighted by Gasteiger charge is 2.59. The van der Waals surface area contributed by atoms with Gasteiger partial charge in [0.05, 0.1) is 6.10 Å². The Morgan fingerprint density at radius 1 is 1.00 bits per heavy atom. The van der Waals surface area contributed by atoms with Crippen LogP contribution in [0.5, 0.6) is 0 Å². The maximum atomic E-state index is 11.9. The van der Waals surface area contributed by atoms with Crippen molar-refractivity contribution in [2.45, 2.75) is 71.3 Å². The third kappa shape index (κ3) is 4.37. The molecule has 6 atom stereocenters. The molecular formula is C24H33NO5S. The van der Waals surface area contributed by atoms with Crippen molar-refractivity contribution < 1.29 is 21.9 Å². The van der Waals surface area contributed by atoms with Crippen LogP contribution in [0.15, 0.2) is 42.2 Å². The second-order valence-corrected chi connectivity index (χ2v) is 11.2. The fourth-order valence-electron chi connectivity index (χ4n) is 7.13. The Morgan fingerprint density at radius 3 is 2.35 bits per heavy atom. The molecule has 4 aliphatic carbocycles. The zero-order valence-electron chi connectivity index (χ0n) is 18.4. The summed E-state index contributed by atoms with van der Waals surface area (Å²) in [5.41, 5.74) is 1.29. The van der Waals surface area contributed by atoms with Gasteiger partial charge in [0, 0.05) is 18.8 Å². The van der Waals surface area contributed by atoms with E-state index in [4.69, 9.17) is 8.74 Å². The highest BCUT2D eigenvalue weighted by molar-refractivity contribution is 7.80. The summed E-state index contributed by atoms with van der Waals surface area (Å²) in [6.45, 7) is 4.49. The Kier molecular flexibility index (Phi) is 6.14. The molecule has 0 radical (unpaired) electrons. The summed E-state index contributed by atoms with van der Waals surface area (Å²) in [7, 11) is -4.41. The van der Waals surface area contributed by atoms with Crippen LogP contribution in [-0.4, -0.2) is 29.8 Å². The lowest BCUT2D eigenvalue weighted by molar-refractivity contribution is -0.117. The van der Waals surface area contributed by atoms with Crippen molar-refractivity contribution in [2.75, 3.05) is 0 Å². The molecule has 170 valence electrons. The molecule has 3 saturated carbocycles. The lowest BCUT2D eigenvalue weighted by Gasteiger charge is -2.57. The van der Waals surface area contributed by atoms with Crippen LogP contribution in [0.25, 0.3) is 0 Å². The summed E-state index contributed by atoms with van der Waals surface area (Å²) in [6, 6.07) is 5.72. The minimum atomic E-state index is -4.41. The van der Waals surface area contributed by atoms with Crippen molar-refractivity contribution in [3.63, 3.8) is 0 Å². The molecule has 4 aliphatic rings. The molecule has 6 nitrogen and oxygen atoms in total. The second kappa shape index (κ2) is 8.41. The zero-order chi connectivity index (χ0) is 22.3. The van der Waals surface area contributed by atoms with Gasteiger partial charge in [0.15, 0.2) is 5.78 Å². The molecule has 1 aromatic heterocycles. The molecule has 1 aromatic rings. The molecule has 1 N–H and O–H groups in total. The number of ketones is 1. The molecule has 31 heavy (non-hydrogen) atoms. The molecule has 0 saturated heterocycles. The number of allylic oxidation sites excluding steroid dienone is 1. The van der Waals surface area contributed by atoms with Gasteiger partial charge in [-0.25, -0.2) is 4.18 Å². The van der Waals surface area contributed by atoms with Crippen LogP contribution in [0.2, 0.25) is 0 Å². The van der Waals surface area contributed by atoms with Crippen molar-refractivity contribution in [3.05, 3.63) is 42.2 Å². The van der Waals surface area contributed by atoms with Gasteiger partial charge in [-0.2, -0.15) is 8.42 Å². The van der Waals surface area contributed by atoms with Gasteiger partial charge in [0.25, 0.3) is 0 Å². The van der Waals surface area contributed by atoms with E-state index in [2.05, 4.69) is 18.8 Å². The van der Waals surface area contributed by atoms with E-state index in [1.807, 2.05) is 24.3 Å². The van der Waals surface area contributed by atoms with Crippen molar-refractivity contribution in [3.8, 4) is 0 Å². The highest BCUT2D eigenvalue weighted by Crippen LogP contribution is 2.65. The van der Waals surface area contributed by atoms with Crippen LogP contribution in [0.1, 0.15) is 65.2 Å². The number of pyridine rings is 1. The fourth-order valence-corrected chi connectivity index (χ4v) is 7.74. The molecule has 0 unspecified atom stereocenters. The number of hydrogen-bond acceptors (Lipinski definition) is 5. The molecule has 0 bridgehead atoms. The lowest BCUT2D eigenvalue weighted by atomic mass is 9.47. The lowest BCUT2D eigenvalue weighted by Crippen LogP contribution is -2.51. The van der Waals surface area contributed by atoms with Crippen LogP contribution in [-0.2, 0) is 19.4 Å². The number of carbonyl (C=O) groups is 1. The summed E-state index contributed by atoms with van der Waals surface area (Å²) < 4.78 is 36.7. The molecule has 3 fully saturated rings. The van der Waals surface area contributed by atoms with Crippen LogP contribution in [0.3, 0.4) is 0 Å². The number of carbonyl (C=O) groups excluding carboxylic acids is 1. The Balaban J connectivity index is 0.000000334. The first kappa shape index (κ1) is 22.6. The van der Waals surface area contributed by atoms with Crippen LogP contribution < -0.4 is 0 Å². The van der Waals surface area contributed by atoms with E-state index in [9.17, 15) is 13.2 Å². The summed E-state index contributed by atoms with van der Waals surface area (Å²) in [5.74, 6) is 1.84. The van der Waals surface area contributed by atoms with Gasteiger partial charge in [-0.1, -0.05) is 25.5 Å². The number of nitrogens with zero attached hydrogens (tertiary/aromatic N) is 1. The summed E-state index contributed by atoms with van der Waals surface area (Å²) in [5, 5.41) is 0. The van der Waals surface area contributed by atoms with Gasteiger partial charge in [0.1, 0.15) is 0 Å². The van der Waals surface area contributed by atoms with Gasteiger partial charge in [-0.15, -0.1) is 0 Å². The summed E-state index contributed by atoms with van der Waals surface area (Å²) in [4.78, 5) is 15.6. The normalized spacial score (nSPS) is 39.3. The number of rotatable bonds is 2. The van der Waals surface area contributed by atoms with Crippen molar-refractivity contribution in [1.82, 2.24) is 4.98 Å². The van der Waals surface area contributed by atoms with Gasteiger partial charge < -0.3 is 0 Å². The molecule has 0 aromatic carbocycles. The molecular weight excluding hydrogens is 414 g/mol. The smallest absolute Gasteiger partial charge is 0.295 e. The largest absolute Gasteiger partial charge is 0.397 e. The predicted octanol–water partition coefficient (Wildman–Crippen LogP) is 4.79. The molecule has 5 rings (SSSR count). The Morgan fingerprint density at radius 2 is 1.74 bits per heavy atom. The number of hydrogen-bond donors (Lipinski definition) is 1. The number of fused-ring (bicyclic) bond motifs is 5. The van der Waals surface area contributed by atoms with Gasteiger partial charge in [-0.3, -0.25) is 14.3 Å². The predicted molar refractivity (Wildman–Crippen MR) is 117 cm³/mol. The molecule has 7 heteroatoms. The highest BCUT2D eigenvalue weighted by atomic mass is 32.3. The Hall–Kier alpha value is -1.57. The summed E-state index contributed by atoms with van der Waals surface area (Å²) >= 11 is 0. The Labute approximate surface area is 185 Å². The minimum Gasteiger partial charge on any atom is -0.295 e. The van der Waals surface area contributed by atoms with E-state index in [-0.39, 0.29) is 16.6 Å². The van der Waals surface area contributed by atoms with Crippen molar-refractivity contribution >= 4 is 16.2 Å². The second-order valence-electron chi connectivity index (χ2n) is 10.1. The zero-order valence-corrected chi connectivity index (χ0v) is 19.2. The Bertz CT molecular complexity index is 919. The topological polar surface area (TPSA) is 93.6 Å². The average molecular weight is 448 g/mol. The number of aromatic nitrogens is 1. The van der Waals surface area contributed by atoms with E-state index in [1.165, 1.54) is 5.57 Å². The van der Waals surface area contributed by atoms with Crippen LogP contribution in [0.4, 0.5) is 0 Å². The monoisotopic (exact) mass is 447 g/mol. The first-order valence-electron chi connectivity index (χ1n) is 11.4. The fraction of sp³-hybridized carbons (Fsp3) is 0.667. The van der Waals surface area contributed by atoms with Crippen LogP contribution in [0, 0.1) is 28.6 Å². The van der Waals surface area contributed by atoms with E-state index in [1.54, 1.807) is 12.4 Å². The first-order valence-corrected chi connectivity index (χ1v) is 12.7. The van der Waals surface area contributed by atoms with E-state index < -0.39 is 16.5 Å². The van der Waals surface area contributed by atoms with E-state index in [0.29, 0.717) is 30.6 Å². The van der Waals surface area contributed by atoms with Crippen molar-refractivity contribution in [1.29, 1.82) is 0 Å². The van der Waals surface area contributed by atoms with Crippen LogP contribution >= 0.6 is 0 Å². The van der Waals surface area contributed by atoms with Gasteiger partial charge in [-0.05, 0) is 91.7 Å². The summed E-state index contributed by atoms with van der Waals surface area (Å²) in [6.07, 6.45) is 12.3. The van der Waals surface area contributed by atoms with Gasteiger partial charge in [0.2, 0.25) is 0 Å². The van der Waals surface area contributed by atoms with Gasteiger partial charge >= 0.3 is 10.4 Å². The SMILES string of the molecule is C[C@]12CC[C@H]3[C@@H](CCC4=CC(=O)CC[C@@]43C)[C@@H]1CC[C@@H]2OS(=O)(=O)O.c1ccncc1. The maximum absolute atomic E-state index is 11.9. The molecule has 0 aliphatic heterocycles. The molecule has 1 heterocycles. The standard InChI is InChI=1S/C19H28O5S.C5H5N/c1-18-9-7-13(20)11-12(18)3-4-14-15-5-6-17(24-25(21,22)23)19(15,2)10-8-16(14)18;1-2-4-6-5-3-1/h11,14-17H,3-10H2,1-2H3,(H,21,22,23);1-5H/t14-,15-,16-,17-,18-,19-;/m0./s1. The third-order valence-electron chi connectivity index (χ3n) is 8.68. The average Bonchev–Trinajstić information content (AvgIpc) is 3.05. The molecule has 0 amide bonds. The molecule has 0 spiro atoms. The van der Waals surface area contributed by atoms with E-state index >= 15 is 0 Å². The quantitative estimate of drug-likeness (QED) is 0.655. The minimum absolute atomic E-state index is 0.125. The van der Waals surface area contributed by atoms with E-state index in [0.717, 1.165) is 38.5 Å². The van der Waals surface area contributed by atoms with Crippen molar-refractivity contribution in [2.24, 2.45) is 28.6 Å². The maximum Gasteiger partial charge on any atom is 0.397 e.